The van der Waals surface area contributed by atoms with Gasteiger partial charge in [-0.05, 0) is 45.3 Å². The zero-order valence-electron chi connectivity index (χ0n) is 12.8. The lowest BCUT2D eigenvalue weighted by molar-refractivity contribution is -0.143. The van der Waals surface area contributed by atoms with Gasteiger partial charge in [-0.15, -0.1) is 0 Å². The van der Waals surface area contributed by atoms with Gasteiger partial charge in [0.25, 0.3) is 0 Å². The molecule has 2 rings (SSSR count). The second kappa shape index (κ2) is 6.85. The Kier molecular flexibility index (Phi) is 5.12. The van der Waals surface area contributed by atoms with Crippen LogP contribution in [0.3, 0.4) is 0 Å². The molecule has 0 aromatic heterocycles. The molecule has 0 saturated carbocycles. The summed E-state index contributed by atoms with van der Waals surface area (Å²) in [6.45, 7) is 6.26. The maximum atomic E-state index is 12.3. The number of hydrogen-bond donors (Lipinski definition) is 1. The highest BCUT2D eigenvalue weighted by Crippen LogP contribution is 2.18. The highest BCUT2D eigenvalue weighted by Gasteiger charge is 2.24. The van der Waals surface area contributed by atoms with E-state index in [1.807, 2.05) is 32.0 Å². The second-order valence-corrected chi connectivity index (χ2v) is 5.95. The molecule has 0 radical (unpaired) electrons. The van der Waals surface area contributed by atoms with Crippen LogP contribution < -0.4 is 0 Å². The van der Waals surface area contributed by atoms with E-state index in [9.17, 15) is 9.59 Å². The predicted octanol–water partition coefficient (Wildman–Crippen LogP) is 2.67. The monoisotopic (exact) mass is 289 g/mol. The Bertz CT molecular complexity index is 531. The van der Waals surface area contributed by atoms with Crippen LogP contribution >= 0.6 is 0 Å². The fourth-order valence-electron chi connectivity index (χ4n) is 2.92. The van der Waals surface area contributed by atoms with E-state index in [0.29, 0.717) is 19.3 Å². The van der Waals surface area contributed by atoms with Gasteiger partial charge in [-0.1, -0.05) is 23.8 Å². The Balaban J connectivity index is 1.83. The summed E-state index contributed by atoms with van der Waals surface area (Å²) in [5, 5.41) is 8.97. The largest absolute Gasteiger partial charge is 0.481 e. The molecule has 4 heteroatoms. The molecule has 0 atom stereocenters. The third kappa shape index (κ3) is 4.14. The Morgan fingerprint density at radius 1 is 1.24 bits per heavy atom. The number of aliphatic carboxylic acids is 1. The maximum absolute atomic E-state index is 12.3. The quantitative estimate of drug-likeness (QED) is 0.847. The summed E-state index contributed by atoms with van der Waals surface area (Å²) in [5.74, 6) is -0.731. The summed E-state index contributed by atoms with van der Waals surface area (Å²) < 4.78 is 0. The van der Waals surface area contributed by atoms with Gasteiger partial charge in [-0.2, -0.15) is 0 Å². The predicted molar refractivity (Wildman–Crippen MR) is 81.7 cm³/mol. The number of nitrogens with zero attached hydrogens (tertiary/aromatic N) is 1. The fraction of sp³-hybridized carbons (Fsp3) is 0.529. The maximum Gasteiger partial charge on any atom is 0.306 e. The van der Waals surface area contributed by atoms with Gasteiger partial charge >= 0.3 is 5.97 Å². The third-order valence-corrected chi connectivity index (χ3v) is 4.27. The van der Waals surface area contributed by atoms with E-state index in [0.717, 1.165) is 30.8 Å². The highest BCUT2D eigenvalue weighted by atomic mass is 16.4. The van der Waals surface area contributed by atoms with Crippen molar-refractivity contribution in [2.45, 2.75) is 33.1 Å². The average molecular weight is 289 g/mol. The zero-order chi connectivity index (χ0) is 15.4. The molecule has 4 nitrogen and oxygen atoms in total. The van der Waals surface area contributed by atoms with Crippen LogP contribution in [-0.4, -0.2) is 41.4 Å². The van der Waals surface area contributed by atoms with E-state index in [-0.39, 0.29) is 11.7 Å². The van der Waals surface area contributed by atoms with Crippen LogP contribution in [0.5, 0.6) is 0 Å². The summed E-state index contributed by atoms with van der Waals surface area (Å²) in [6, 6.07) is 5.91. The van der Waals surface area contributed by atoms with Crippen molar-refractivity contribution in [3.63, 3.8) is 0 Å². The van der Waals surface area contributed by atoms with Crippen LogP contribution in [-0.2, 0) is 4.79 Å². The summed E-state index contributed by atoms with van der Waals surface area (Å²) in [4.78, 5) is 25.4. The number of carbonyl (C=O) groups is 2. The van der Waals surface area contributed by atoms with Crippen molar-refractivity contribution in [2.75, 3.05) is 19.6 Å². The van der Waals surface area contributed by atoms with Gasteiger partial charge in [0.15, 0.2) is 5.78 Å². The number of ketones is 1. The van der Waals surface area contributed by atoms with Crippen LogP contribution in [0.2, 0.25) is 0 Å². The molecule has 1 aliphatic heterocycles. The lowest BCUT2D eigenvalue weighted by Gasteiger charge is -2.29. The van der Waals surface area contributed by atoms with Crippen molar-refractivity contribution < 1.29 is 14.7 Å². The van der Waals surface area contributed by atoms with E-state index < -0.39 is 5.97 Å². The number of Topliss-reactive ketones (excluding diaryl/α,β-unsaturated/α-hetero) is 1. The van der Waals surface area contributed by atoms with Crippen LogP contribution in [0, 0.1) is 19.8 Å². The number of benzene rings is 1. The van der Waals surface area contributed by atoms with Gasteiger partial charge in [-0.3, -0.25) is 9.59 Å². The first-order valence-corrected chi connectivity index (χ1v) is 7.53. The Labute approximate surface area is 125 Å². The van der Waals surface area contributed by atoms with Crippen molar-refractivity contribution in [1.29, 1.82) is 0 Å². The molecule has 0 unspecified atom stereocenters. The molecule has 1 saturated heterocycles. The van der Waals surface area contributed by atoms with Gasteiger partial charge in [0, 0.05) is 18.5 Å². The molecule has 21 heavy (non-hydrogen) atoms. The molecule has 114 valence electrons. The normalized spacial score (nSPS) is 16.9. The van der Waals surface area contributed by atoms with Gasteiger partial charge < -0.3 is 10.0 Å². The van der Waals surface area contributed by atoms with Gasteiger partial charge in [-0.25, -0.2) is 0 Å². The topological polar surface area (TPSA) is 57.6 Å². The van der Waals surface area contributed by atoms with E-state index in [4.69, 9.17) is 5.11 Å². The Morgan fingerprint density at radius 2 is 1.90 bits per heavy atom. The molecular weight excluding hydrogens is 266 g/mol. The first-order valence-electron chi connectivity index (χ1n) is 7.53. The van der Waals surface area contributed by atoms with Crippen molar-refractivity contribution in [2.24, 2.45) is 5.92 Å². The summed E-state index contributed by atoms with van der Waals surface area (Å²) >= 11 is 0. The SMILES string of the molecule is Cc1ccc(C(=O)CCN2CCC(C(=O)O)CC2)c(C)c1. The number of aryl methyl sites for hydroxylation is 2. The van der Waals surface area contributed by atoms with Gasteiger partial charge in [0.1, 0.15) is 0 Å². The van der Waals surface area contributed by atoms with Crippen molar-refractivity contribution >= 4 is 11.8 Å². The minimum atomic E-state index is -0.694. The standard InChI is InChI=1S/C17H23NO3/c1-12-3-4-15(13(2)11-12)16(19)7-10-18-8-5-14(6-9-18)17(20)21/h3-4,11,14H,5-10H2,1-2H3,(H,20,21). The van der Waals surface area contributed by atoms with Crippen molar-refractivity contribution in [3.05, 3.63) is 34.9 Å². The molecular formula is C17H23NO3. The number of rotatable bonds is 5. The van der Waals surface area contributed by atoms with Crippen molar-refractivity contribution in [1.82, 2.24) is 4.90 Å². The number of likely N-dealkylation sites (tertiary alicyclic amines) is 1. The third-order valence-electron chi connectivity index (χ3n) is 4.27. The van der Waals surface area contributed by atoms with E-state index in [2.05, 4.69) is 4.90 Å². The molecule has 0 spiro atoms. The summed E-state index contributed by atoms with van der Waals surface area (Å²) in [7, 11) is 0. The van der Waals surface area contributed by atoms with Crippen LogP contribution in [0.25, 0.3) is 0 Å². The van der Waals surface area contributed by atoms with Crippen molar-refractivity contribution in [3.8, 4) is 0 Å². The average Bonchev–Trinajstić information content (AvgIpc) is 2.45. The molecule has 1 aliphatic rings. The number of carbonyl (C=O) groups excluding carboxylic acids is 1. The van der Waals surface area contributed by atoms with Crippen LogP contribution in [0.1, 0.15) is 40.7 Å². The summed E-state index contributed by atoms with van der Waals surface area (Å²) in [6.07, 6.45) is 1.88. The lowest BCUT2D eigenvalue weighted by atomic mass is 9.96. The summed E-state index contributed by atoms with van der Waals surface area (Å²) in [5.41, 5.74) is 3.01. The Hall–Kier alpha value is -1.68. The first kappa shape index (κ1) is 15.7. The number of carboxylic acid groups (broad SMARTS) is 1. The molecule has 0 bridgehead atoms. The number of carboxylic acids is 1. The molecule has 1 fully saturated rings. The molecule has 1 heterocycles. The second-order valence-electron chi connectivity index (χ2n) is 5.95. The molecule has 0 aliphatic carbocycles. The lowest BCUT2D eigenvalue weighted by Crippen LogP contribution is -2.37. The smallest absolute Gasteiger partial charge is 0.306 e. The minimum absolute atomic E-state index is 0.174. The van der Waals surface area contributed by atoms with E-state index >= 15 is 0 Å². The molecule has 0 amide bonds. The van der Waals surface area contributed by atoms with E-state index in [1.54, 1.807) is 0 Å². The van der Waals surface area contributed by atoms with Crippen LogP contribution in [0.15, 0.2) is 18.2 Å². The molecule has 1 aromatic rings. The molecule has 1 N–H and O–H groups in total. The van der Waals surface area contributed by atoms with E-state index in [1.165, 1.54) is 5.56 Å². The fourth-order valence-corrected chi connectivity index (χ4v) is 2.92. The first-order chi connectivity index (χ1) is 9.97. The van der Waals surface area contributed by atoms with Crippen LogP contribution in [0.4, 0.5) is 0 Å². The highest BCUT2D eigenvalue weighted by molar-refractivity contribution is 5.97. The van der Waals surface area contributed by atoms with Gasteiger partial charge in [0.2, 0.25) is 0 Å². The molecule has 1 aromatic carbocycles. The zero-order valence-corrected chi connectivity index (χ0v) is 12.8. The van der Waals surface area contributed by atoms with Gasteiger partial charge in [0.05, 0.1) is 5.92 Å². The number of piperidine rings is 1. The number of hydrogen-bond acceptors (Lipinski definition) is 3. The minimum Gasteiger partial charge on any atom is -0.481 e. The Morgan fingerprint density at radius 3 is 2.48 bits per heavy atom.